The quantitative estimate of drug-likeness (QED) is 0.366. The Morgan fingerprint density at radius 2 is 1.68 bits per heavy atom. The van der Waals surface area contributed by atoms with Crippen molar-refractivity contribution in [1.29, 1.82) is 0 Å². The topological polar surface area (TPSA) is 126 Å². The van der Waals surface area contributed by atoms with E-state index >= 15 is 0 Å². The number of hydrogen-bond donors (Lipinski definition) is 2. The molecule has 3 aromatic rings. The van der Waals surface area contributed by atoms with Gasteiger partial charge in [-0.05, 0) is 79.5 Å². The fourth-order valence-corrected chi connectivity index (χ4v) is 7.88. The number of benzene rings is 1. The monoisotopic (exact) mass is 558 g/mol. The Bertz CT molecular complexity index is 1440. The van der Waals surface area contributed by atoms with Crippen LogP contribution < -0.4 is 0 Å². The van der Waals surface area contributed by atoms with Crippen LogP contribution in [-0.2, 0) is 30.2 Å². The molecule has 5 rings (SSSR count). The van der Waals surface area contributed by atoms with Gasteiger partial charge >= 0.3 is 0 Å². The van der Waals surface area contributed by atoms with E-state index in [9.17, 15) is 16.8 Å². The molecule has 10 heteroatoms. The summed E-state index contributed by atoms with van der Waals surface area (Å²) in [7, 11) is -6.61. The van der Waals surface area contributed by atoms with E-state index in [0.717, 1.165) is 62.3 Å². The van der Waals surface area contributed by atoms with E-state index in [1.807, 2.05) is 18.2 Å². The minimum Gasteiger partial charge on any atom is -0.395 e. The van der Waals surface area contributed by atoms with Crippen LogP contribution in [0.2, 0.25) is 0 Å². The summed E-state index contributed by atoms with van der Waals surface area (Å²) in [5.41, 5.74) is 4.20. The lowest BCUT2D eigenvalue weighted by atomic mass is 9.83. The fraction of sp³-hybridized carbons (Fsp3) is 0.464. The van der Waals surface area contributed by atoms with Crippen LogP contribution in [0.1, 0.15) is 54.8 Å². The smallest absolute Gasteiger partial charge is 0.181 e. The van der Waals surface area contributed by atoms with E-state index in [0.29, 0.717) is 22.1 Å². The van der Waals surface area contributed by atoms with Crippen LogP contribution in [0.4, 0.5) is 0 Å². The first kappa shape index (κ1) is 27.1. The largest absolute Gasteiger partial charge is 0.395 e. The second-order valence-electron chi connectivity index (χ2n) is 10.4. The standard InChI is InChI=1S/C28H34N2O6S2/c31-13-16-37(32,33)19-21-1-8-27(29-18-21)28-10-9-26(30-28)25(17-20-11-14-36-15-12-20)22-2-4-23(5-3-22)38(34,35)24-6-7-24/h1-5,8-10,18,20,24-25,30-31H,6-7,11-17,19H2. The highest BCUT2D eigenvalue weighted by Gasteiger charge is 2.37. The molecule has 0 bridgehead atoms. The number of aromatic nitrogens is 2. The molecule has 1 aliphatic heterocycles. The number of sulfone groups is 2. The molecule has 1 saturated carbocycles. The zero-order valence-corrected chi connectivity index (χ0v) is 22.9. The molecule has 2 aliphatic rings. The minimum absolute atomic E-state index is 0.0624. The van der Waals surface area contributed by atoms with Gasteiger partial charge in [-0.1, -0.05) is 18.2 Å². The van der Waals surface area contributed by atoms with Crippen molar-refractivity contribution in [1.82, 2.24) is 9.97 Å². The van der Waals surface area contributed by atoms with Crippen LogP contribution in [0.3, 0.4) is 0 Å². The Labute approximate surface area is 224 Å². The number of nitrogens with one attached hydrogen (secondary N) is 1. The van der Waals surface area contributed by atoms with Gasteiger partial charge in [0.1, 0.15) is 0 Å². The number of aromatic amines is 1. The maximum absolute atomic E-state index is 12.7. The predicted molar refractivity (Wildman–Crippen MR) is 145 cm³/mol. The average Bonchev–Trinajstić information content (AvgIpc) is 3.67. The zero-order chi connectivity index (χ0) is 26.8. The van der Waals surface area contributed by atoms with Crippen molar-refractivity contribution in [2.45, 2.75) is 53.9 Å². The number of nitrogens with zero attached hydrogens (tertiary/aromatic N) is 1. The summed E-state index contributed by atoms with van der Waals surface area (Å²) in [6.45, 7) is 1.12. The van der Waals surface area contributed by atoms with E-state index < -0.39 is 26.3 Å². The minimum atomic E-state index is -3.37. The molecule has 0 spiro atoms. The number of hydrogen-bond acceptors (Lipinski definition) is 7. The maximum atomic E-state index is 12.7. The lowest BCUT2D eigenvalue weighted by molar-refractivity contribution is 0.0626. The predicted octanol–water partition coefficient (Wildman–Crippen LogP) is 3.87. The lowest BCUT2D eigenvalue weighted by Gasteiger charge is -2.27. The molecule has 2 N–H and O–H groups in total. The highest BCUT2D eigenvalue weighted by molar-refractivity contribution is 7.92. The van der Waals surface area contributed by atoms with Crippen molar-refractivity contribution in [3.05, 3.63) is 71.5 Å². The molecule has 0 radical (unpaired) electrons. The molecular weight excluding hydrogens is 524 g/mol. The lowest BCUT2D eigenvalue weighted by Crippen LogP contribution is -2.19. The highest BCUT2D eigenvalue weighted by Crippen LogP contribution is 2.37. The number of ether oxygens (including phenoxy) is 1. The fourth-order valence-electron chi connectivity index (χ4n) is 5.12. The number of pyridine rings is 1. The Balaban J connectivity index is 1.38. The van der Waals surface area contributed by atoms with Crippen molar-refractivity contribution in [3.8, 4) is 11.4 Å². The van der Waals surface area contributed by atoms with Gasteiger partial charge in [0.05, 0.1) is 39.6 Å². The second kappa shape index (κ2) is 11.3. The third-order valence-corrected chi connectivity index (χ3v) is 11.3. The summed E-state index contributed by atoms with van der Waals surface area (Å²) >= 11 is 0. The molecule has 3 heterocycles. The van der Waals surface area contributed by atoms with Gasteiger partial charge in [0.25, 0.3) is 0 Å². The summed E-state index contributed by atoms with van der Waals surface area (Å²) in [4.78, 5) is 8.38. The van der Waals surface area contributed by atoms with E-state index in [-0.39, 0.29) is 22.7 Å². The van der Waals surface area contributed by atoms with Crippen molar-refractivity contribution >= 4 is 19.7 Å². The van der Waals surface area contributed by atoms with Gasteiger partial charge in [-0.3, -0.25) is 4.98 Å². The van der Waals surface area contributed by atoms with E-state index in [1.165, 1.54) is 0 Å². The normalized spacial score (nSPS) is 17.9. The van der Waals surface area contributed by atoms with Gasteiger partial charge in [-0.15, -0.1) is 0 Å². The van der Waals surface area contributed by atoms with Crippen LogP contribution >= 0.6 is 0 Å². The van der Waals surface area contributed by atoms with Gasteiger partial charge in [0, 0.05) is 31.0 Å². The Morgan fingerprint density at radius 3 is 2.32 bits per heavy atom. The molecular formula is C28H34N2O6S2. The van der Waals surface area contributed by atoms with E-state index in [4.69, 9.17) is 9.84 Å². The molecule has 0 amide bonds. The molecule has 1 saturated heterocycles. The Kier molecular flexibility index (Phi) is 8.04. The first-order chi connectivity index (χ1) is 18.2. The van der Waals surface area contributed by atoms with Gasteiger partial charge in [0.2, 0.25) is 0 Å². The third kappa shape index (κ3) is 6.36. The van der Waals surface area contributed by atoms with Crippen LogP contribution in [0.15, 0.2) is 59.6 Å². The molecule has 204 valence electrons. The number of aliphatic hydroxyl groups excluding tert-OH is 1. The SMILES string of the molecule is O=S(=O)(CCO)Cc1ccc(-c2ccc(C(CC3CCOCC3)c3ccc(S(=O)(=O)C4CC4)cc3)[nH]2)nc1. The molecule has 1 unspecified atom stereocenters. The van der Waals surface area contributed by atoms with E-state index in [1.54, 1.807) is 30.5 Å². The first-order valence-corrected chi connectivity index (χ1v) is 16.5. The molecule has 1 aliphatic carbocycles. The van der Waals surface area contributed by atoms with Crippen molar-refractivity contribution in [3.63, 3.8) is 0 Å². The van der Waals surface area contributed by atoms with Crippen molar-refractivity contribution < 1.29 is 26.7 Å². The van der Waals surface area contributed by atoms with Crippen molar-refractivity contribution in [2.24, 2.45) is 5.92 Å². The van der Waals surface area contributed by atoms with Crippen LogP contribution in [0.25, 0.3) is 11.4 Å². The van der Waals surface area contributed by atoms with Crippen LogP contribution in [0.5, 0.6) is 0 Å². The maximum Gasteiger partial charge on any atom is 0.181 e. The van der Waals surface area contributed by atoms with Gasteiger partial charge in [0.15, 0.2) is 19.7 Å². The third-order valence-electron chi connectivity index (χ3n) is 7.46. The molecule has 2 aromatic heterocycles. The van der Waals surface area contributed by atoms with Gasteiger partial charge < -0.3 is 14.8 Å². The highest BCUT2D eigenvalue weighted by atomic mass is 32.2. The van der Waals surface area contributed by atoms with Crippen LogP contribution in [-0.4, -0.2) is 62.7 Å². The zero-order valence-electron chi connectivity index (χ0n) is 21.3. The summed E-state index contributed by atoms with van der Waals surface area (Å²) in [6, 6.07) is 14.9. The number of aliphatic hydroxyl groups is 1. The van der Waals surface area contributed by atoms with Gasteiger partial charge in [-0.2, -0.15) is 0 Å². The Morgan fingerprint density at radius 1 is 0.947 bits per heavy atom. The summed E-state index contributed by atoms with van der Waals surface area (Å²) in [6.07, 6.45) is 5.97. The molecule has 1 aromatic carbocycles. The summed E-state index contributed by atoms with van der Waals surface area (Å²) in [5, 5.41) is 8.72. The molecule has 38 heavy (non-hydrogen) atoms. The van der Waals surface area contributed by atoms with E-state index in [2.05, 4.69) is 16.0 Å². The van der Waals surface area contributed by atoms with Gasteiger partial charge in [-0.25, -0.2) is 16.8 Å². The number of rotatable bonds is 11. The summed E-state index contributed by atoms with van der Waals surface area (Å²) in [5.74, 6) is 0.147. The summed E-state index contributed by atoms with van der Waals surface area (Å²) < 4.78 is 54.9. The molecule has 1 atom stereocenters. The second-order valence-corrected chi connectivity index (χ2v) is 14.8. The first-order valence-electron chi connectivity index (χ1n) is 13.1. The average molecular weight is 559 g/mol. The number of H-pyrrole nitrogens is 1. The van der Waals surface area contributed by atoms with Crippen LogP contribution in [0, 0.1) is 5.92 Å². The molecule has 8 nitrogen and oxygen atoms in total. The molecule has 2 fully saturated rings. The van der Waals surface area contributed by atoms with Crippen molar-refractivity contribution in [2.75, 3.05) is 25.6 Å². The Hall–Kier alpha value is -2.53.